The molecule has 1 rings (SSSR count). The first kappa shape index (κ1) is 16.5. The Balaban J connectivity index is 3.33. The van der Waals surface area contributed by atoms with Crippen LogP contribution in [-0.4, -0.2) is 23.9 Å². The van der Waals surface area contributed by atoms with Gasteiger partial charge in [-0.05, 0) is 29.5 Å². The molecule has 0 spiro atoms. The molecule has 4 nitrogen and oxygen atoms in total. The number of carbonyl (C=O) groups is 1. The number of halogens is 5. The zero-order valence-corrected chi connectivity index (χ0v) is 13.3. The number of hydrogen-bond donors (Lipinski definition) is 0. The molecule has 9 heteroatoms. The Morgan fingerprint density at radius 2 is 2.16 bits per heavy atom. The van der Waals surface area contributed by atoms with Crippen LogP contribution in [0.5, 0.6) is 5.75 Å². The molecule has 0 aromatic carbocycles. The van der Waals surface area contributed by atoms with Gasteiger partial charge in [-0.3, -0.25) is 0 Å². The van der Waals surface area contributed by atoms with Crippen molar-refractivity contribution in [1.82, 2.24) is 4.98 Å². The summed E-state index contributed by atoms with van der Waals surface area (Å²) in [6, 6.07) is 1.03. The molecule has 0 amide bonds. The van der Waals surface area contributed by atoms with E-state index in [1.165, 1.54) is 0 Å². The van der Waals surface area contributed by atoms with Gasteiger partial charge in [-0.2, -0.15) is 0 Å². The third-order valence-electron chi connectivity index (χ3n) is 1.86. The van der Waals surface area contributed by atoms with Crippen molar-refractivity contribution in [2.75, 3.05) is 6.61 Å². The molecule has 106 valence electrons. The largest absolute Gasteiger partial charge is 0.573 e. The highest BCUT2D eigenvalue weighted by molar-refractivity contribution is 14.1. The molecular formula is C10H8BrF3INO3. The minimum atomic E-state index is -4.89. The fourth-order valence-electron chi connectivity index (χ4n) is 1.26. The van der Waals surface area contributed by atoms with Crippen LogP contribution < -0.4 is 4.74 Å². The smallest absolute Gasteiger partial charge is 0.462 e. The third-order valence-corrected chi connectivity index (χ3v) is 2.94. The Morgan fingerprint density at radius 1 is 1.53 bits per heavy atom. The Labute approximate surface area is 128 Å². The monoisotopic (exact) mass is 453 g/mol. The van der Waals surface area contributed by atoms with Crippen molar-refractivity contribution in [3.63, 3.8) is 0 Å². The number of aromatic nitrogens is 1. The zero-order chi connectivity index (χ0) is 14.6. The Bertz CT molecular complexity index is 482. The molecule has 1 aromatic heterocycles. The fraction of sp³-hybridized carbons (Fsp3) is 0.400. The number of nitrogens with zero attached hydrogens (tertiary/aromatic N) is 1. The standard InChI is InChI=1S/C10H8BrF3INO3/c1-2-18-9(17)8-5(4-11)16-7(15)3-6(8)19-10(12,13)14/h3H,2,4H2,1H3. The molecule has 1 heterocycles. The molecule has 0 atom stereocenters. The van der Waals surface area contributed by atoms with E-state index in [-0.39, 0.29) is 26.9 Å². The van der Waals surface area contributed by atoms with E-state index >= 15 is 0 Å². The second kappa shape index (κ2) is 6.73. The van der Waals surface area contributed by atoms with E-state index in [2.05, 4.69) is 25.7 Å². The van der Waals surface area contributed by atoms with Gasteiger partial charge in [-0.15, -0.1) is 13.2 Å². The van der Waals surface area contributed by atoms with Crippen molar-refractivity contribution >= 4 is 44.5 Å². The second-order valence-corrected chi connectivity index (χ2v) is 4.83. The average Bonchev–Trinajstić information content (AvgIpc) is 2.25. The molecule has 1 aromatic rings. The van der Waals surface area contributed by atoms with Gasteiger partial charge in [-0.25, -0.2) is 9.78 Å². The maximum Gasteiger partial charge on any atom is 0.573 e. The van der Waals surface area contributed by atoms with Crippen LogP contribution in [0.25, 0.3) is 0 Å². The van der Waals surface area contributed by atoms with Gasteiger partial charge in [0.2, 0.25) is 0 Å². The van der Waals surface area contributed by atoms with Crippen molar-refractivity contribution < 1.29 is 27.4 Å². The van der Waals surface area contributed by atoms with Crippen LogP contribution in [0, 0.1) is 3.70 Å². The molecule has 0 saturated carbocycles. The summed E-state index contributed by atoms with van der Waals surface area (Å²) < 4.78 is 45.8. The normalized spacial score (nSPS) is 11.3. The summed E-state index contributed by atoms with van der Waals surface area (Å²) in [4.78, 5) is 15.7. The molecule has 0 N–H and O–H groups in total. The first-order valence-corrected chi connectivity index (χ1v) is 7.16. The SMILES string of the molecule is CCOC(=O)c1c(OC(F)(F)F)cc(I)nc1CBr. The number of esters is 1. The number of ether oxygens (including phenoxy) is 2. The van der Waals surface area contributed by atoms with Gasteiger partial charge >= 0.3 is 12.3 Å². The van der Waals surface area contributed by atoms with Gasteiger partial charge in [0.05, 0.1) is 12.3 Å². The van der Waals surface area contributed by atoms with Crippen LogP contribution >= 0.6 is 38.5 Å². The van der Waals surface area contributed by atoms with Crippen molar-refractivity contribution in [2.45, 2.75) is 18.6 Å². The van der Waals surface area contributed by atoms with Crippen LogP contribution in [0.1, 0.15) is 23.0 Å². The van der Waals surface area contributed by atoms with Crippen LogP contribution in [0.3, 0.4) is 0 Å². The fourth-order valence-corrected chi connectivity index (χ4v) is 2.24. The Hall–Kier alpha value is -0.580. The topological polar surface area (TPSA) is 48.4 Å². The molecule has 0 aliphatic rings. The van der Waals surface area contributed by atoms with E-state index in [9.17, 15) is 18.0 Å². The number of pyridine rings is 1. The highest BCUT2D eigenvalue weighted by Gasteiger charge is 2.34. The maximum absolute atomic E-state index is 12.3. The van der Waals surface area contributed by atoms with Gasteiger partial charge in [0.1, 0.15) is 15.0 Å². The van der Waals surface area contributed by atoms with Crippen LogP contribution in [-0.2, 0) is 10.1 Å². The third kappa shape index (κ3) is 4.79. The highest BCUT2D eigenvalue weighted by atomic mass is 127. The van der Waals surface area contributed by atoms with Gasteiger partial charge < -0.3 is 9.47 Å². The molecule has 19 heavy (non-hydrogen) atoms. The summed E-state index contributed by atoms with van der Waals surface area (Å²) >= 11 is 4.80. The van der Waals surface area contributed by atoms with E-state index in [4.69, 9.17) is 4.74 Å². The molecule has 0 saturated heterocycles. The molecule has 0 radical (unpaired) electrons. The molecule has 0 fully saturated rings. The second-order valence-electron chi connectivity index (χ2n) is 3.17. The van der Waals surface area contributed by atoms with E-state index < -0.39 is 18.1 Å². The van der Waals surface area contributed by atoms with E-state index in [0.717, 1.165) is 6.07 Å². The number of alkyl halides is 4. The molecular weight excluding hydrogens is 446 g/mol. The lowest BCUT2D eigenvalue weighted by Gasteiger charge is -2.15. The minimum absolute atomic E-state index is 0.0397. The van der Waals surface area contributed by atoms with Crippen molar-refractivity contribution in [3.05, 3.63) is 21.0 Å². The lowest BCUT2D eigenvalue weighted by molar-refractivity contribution is -0.274. The average molecular weight is 454 g/mol. The summed E-state index contributed by atoms with van der Waals surface area (Å²) in [5, 5.41) is 0.103. The lowest BCUT2D eigenvalue weighted by Crippen LogP contribution is -2.21. The van der Waals surface area contributed by atoms with Gasteiger partial charge in [0.15, 0.2) is 0 Å². The van der Waals surface area contributed by atoms with Crippen molar-refractivity contribution in [3.8, 4) is 5.75 Å². The summed E-state index contributed by atoms with van der Waals surface area (Å²) in [7, 11) is 0. The van der Waals surface area contributed by atoms with Crippen LogP contribution in [0.15, 0.2) is 6.07 Å². The summed E-state index contributed by atoms with van der Waals surface area (Å²) in [6.45, 7) is 1.59. The van der Waals surface area contributed by atoms with Gasteiger partial charge in [0, 0.05) is 11.4 Å². The number of carbonyl (C=O) groups excluding carboxylic acids is 1. The molecule has 0 unspecified atom stereocenters. The first-order valence-electron chi connectivity index (χ1n) is 4.96. The maximum atomic E-state index is 12.3. The summed E-state index contributed by atoms with van der Waals surface area (Å²) in [5.74, 6) is -1.51. The minimum Gasteiger partial charge on any atom is -0.462 e. The molecule has 0 bridgehead atoms. The van der Waals surface area contributed by atoms with Crippen LogP contribution in [0.4, 0.5) is 13.2 Å². The number of hydrogen-bond acceptors (Lipinski definition) is 4. The number of rotatable bonds is 4. The van der Waals surface area contributed by atoms with E-state index in [1.807, 2.05) is 0 Å². The van der Waals surface area contributed by atoms with Crippen LogP contribution in [0.2, 0.25) is 0 Å². The lowest BCUT2D eigenvalue weighted by atomic mass is 10.2. The zero-order valence-electron chi connectivity index (χ0n) is 9.55. The quantitative estimate of drug-likeness (QED) is 0.302. The van der Waals surface area contributed by atoms with Gasteiger partial charge in [0.25, 0.3) is 0 Å². The van der Waals surface area contributed by atoms with Crippen molar-refractivity contribution in [2.24, 2.45) is 0 Å². The van der Waals surface area contributed by atoms with Gasteiger partial charge in [-0.1, -0.05) is 15.9 Å². The predicted octanol–water partition coefficient (Wildman–Crippen LogP) is 3.66. The Kier molecular flexibility index (Phi) is 5.83. The van der Waals surface area contributed by atoms with E-state index in [1.54, 1.807) is 29.5 Å². The predicted molar refractivity (Wildman–Crippen MR) is 72.2 cm³/mol. The molecule has 0 aliphatic carbocycles. The molecule has 0 aliphatic heterocycles. The van der Waals surface area contributed by atoms with E-state index in [0.29, 0.717) is 0 Å². The van der Waals surface area contributed by atoms with Crippen molar-refractivity contribution in [1.29, 1.82) is 0 Å². The summed E-state index contributed by atoms with van der Waals surface area (Å²) in [5.41, 5.74) is -0.193. The first-order chi connectivity index (χ1) is 8.78. The summed E-state index contributed by atoms with van der Waals surface area (Å²) in [6.07, 6.45) is -4.89. The highest BCUT2D eigenvalue weighted by Crippen LogP contribution is 2.30. The Morgan fingerprint density at radius 3 is 2.63 bits per heavy atom.